The van der Waals surface area contributed by atoms with Crippen LogP contribution < -0.4 is 5.32 Å². The van der Waals surface area contributed by atoms with Gasteiger partial charge in [-0.25, -0.2) is 0 Å². The van der Waals surface area contributed by atoms with Crippen molar-refractivity contribution in [3.05, 3.63) is 12.2 Å². The highest BCUT2D eigenvalue weighted by Crippen LogP contribution is 2.11. The molecule has 1 N–H and O–H groups in total. The molecule has 0 aromatic carbocycles. The van der Waals surface area contributed by atoms with Crippen LogP contribution in [-0.2, 0) is 9.53 Å². The number of nitrogens with one attached hydrogen (secondary N) is 1. The Labute approximate surface area is 156 Å². The second kappa shape index (κ2) is 16.6. The molecule has 0 aliphatic carbocycles. The number of rotatable bonds is 16. The number of hydrogen-bond donors (Lipinski definition) is 1. The van der Waals surface area contributed by atoms with Gasteiger partial charge in [0.25, 0.3) is 0 Å². The minimum absolute atomic E-state index is 0.00803. The van der Waals surface area contributed by atoms with E-state index in [2.05, 4.69) is 24.4 Å². The molecular weight excluding hydrogens is 310 g/mol. The summed E-state index contributed by atoms with van der Waals surface area (Å²) in [6.07, 6.45) is 23.1. The molecule has 0 aromatic rings. The summed E-state index contributed by atoms with van der Waals surface area (Å²) in [7, 11) is 0. The topological polar surface area (TPSA) is 38.3 Å². The molecule has 1 atom stereocenters. The van der Waals surface area contributed by atoms with Crippen LogP contribution in [0.1, 0.15) is 103 Å². The molecule has 25 heavy (non-hydrogen) atoms. The number of ether oxygens (including phenoxy) is 1. The summed E-state index contributed by atoms with van der Waals surface area (Å²) in [6.45, 7) is 4.08. The highest BCUT2D eigenvalue weighted by molar-refractivity contribution is 5.69. The van der Waals surface area contributed by atoms with Crippen LogP contribution in [0.5, 0.6) is 0 Å². The predicted octanol–water partition coefficient (Wildman–Crippen LogP) is 5.93. The van der Waals surface area contributed by atoms with E-state index in [4.69, 9.17) is 4.74 Å². The first-order valence-corrected chi connectivity index (χ1v) is 10.9. The Kier molecular flexibility index (Phi) is 14.8. The van der Waals surface area contributed by atoms with Crippen molar-refractivity contribution in [2.24, 2.45) is 0 Å². The average Bonchev–Trinajstić information content (AvgIpc) is 3.11. The lowest BCUT2D eigenvalue weighted by Crippen LogP contribution is -2.20. The third kappa shape index (κ3) is 14.1. The first-order chi connectivity index (χ1) is 12.3. The standard InChI is InChI=1S/C22H41NO2/c1-2-3-4-5-6-7-8-9-10-11-12-13-14-15-16-17-22(24)25-21-18-19-23-20-21/h9-10,21,23H,2-8,11-20H2,1H3/b10-9-/t21-/m0/s1. The molecule has 0 bridgehead atoms. The lowest BCUT2D eigenvalue weighted by atomic mass is 10.1. The van der Waals surface area contributed by atoms with Crippen molar-refractivity contribution in [1.82, 2.24) is 5.32 Å². The number of carbonyl (C=O) groups excluding carboxylic acids is 1. The van der Waals surface area contributed by atoms with Crippen LogP contribution in [0, 0.1) is 0 Å². The molecule has 1 rings (SSSR count). The third-order valence-electron chi connectivity index (χ3n) is 4.96. The zero-order chi connectivity index (χ0) is 18.0. The molecule has 146 valence electrons. The number of carbonyl (C=O) groups is 1. The Morgan fingerprint density at radius 1 is 0.920 bits per heavy atom. The summed E-state index contributed by atoms with van der Waals surface area (Å²) in [5, 5.41) is 3.22. The molecule has 0 radical (unpaired) electrons. The summed E-state index contributed by atoms with van der Waals surface area (Å²) in [4.78, 5) is 11.7. The summed E-state index contributed by atoms with van der Waals surface area (Å²) >= 11 is 0. The molecule has 0 unspecified atom stereocenters. The van der Waals surface area contributed by atoms with Gasteiger partial charge in [-0.15, -0.1) is 0 Å². The molecule has 3 nitrogen and oxygen atoms in total. The Bertz CT molecular complexity index is 335. The quantitative estimate of drug-likeness (QED) is 0.213. The van der Waals surface area contributed by atoms with Crippen molar-refractivity contribution < 1.29 is 9.53 Å². The van der Waals surface area contributed by atoms with Crippen molar-refractivity contribution in [1.29, 1.82) is 0 Å². The highest BCUT2D eigenvalue weighted by atomic mass is 16.5. The van der Waals surface area contributed by atoms with Gasteiger partial charge in [-0.05, 0) is 45.1 Å². The molecule has 3 heteroatoms. The van der Waals surface area contributed by atoms with E-state index in [-0.39, 0.29) is 12.1 Å². The average molecular weight is 352 g/mol. The van der Waals surface area contributed by atoms with Crippen LogP contribution in [-0.4, -0.2) is 25.2 Å². The Morgan fingerprint density at radius 3 is 2.12 bits per heavy atom. The minimum Gasteiger partial charge on any atom is -0.461 e. The van der Waals surface area contributed by atoms with E-state index in [1.165, 1.54) is 70.6 Å². The monoisotopic (exact) mass is 351 g/mol. The van der Waals surface area contributed by atoms with Gasteiger partial charge in [0, 0.05) is 13.0 Å². The second-order valence-corrected chi connectivity index (χ2v) is 7.44. The van der Waals surface area contributed by atoms with Gasteiger partial charge in [0.05, 0.1) is 0 Å². The molecule has 0 saturated carbocycles. The Morgan fingerprint density at radius 2 is 1.52 bits per heavy atom. The number of unbranched alkanes of at least 4 members (excludes halogenated alkanes) is 11. The second-order valence-electron chi connectivity index (χ2n) is 7.44. The molecule has 1 aliphatic heterocycles. The number of esters is 1. The van der Waals surface area contributed by atoms with E-state index in [0.29, 0.717) is 6.42 Å². The zero-order valence-corrected chi connectivity index (χ0v) is 16.6. The van der Waals surface area contributed by atoms with Gasteiger partial charge < -0.3 is 10.1 Å². The van der Waals surface area contributed by atoms with E-state index in [1.807, 2.05) is 0 Å². The Balaban J connectivity index is 1.76. The van der Waals surface area contributed by atoms with Crippen LogP contribution in [0.25, 0.3) is 0 Å². The van der Waals surface area contributed by atoms with E-state index in [0.717, 1.165) is 32.4 Å². The number of hydrogen-bond acceptors (Lipinski definition) is 3. The fourth-order valence-corrected chi connectivity index (χ4v) is 3.31. The van der Waals surface area contributed by atoms with Gasteiger partial charge >= 0.3 is 5.97 Å². The van der Waals surface area contributed by atoms with E-state index < -0.39 is 0 Å². The molecule has 0 spiro atoms. The van der Waals surface area contributed by atoms with Gasteiger partial charge in [0.1, 0.15) is 6.10 Å². The van der Waals surface area contributed by atoms with Crippen LogP contribution in [0.2, 0.25) is 0 Å². The summed E-state index contributed by atoms with van der Waals surface area (Å²) in [5.41, 5.74) is 0. The molecule has 0 amide bonds. The van der Waals surface area contributed by atoms with Crippen LogP contribution in [0.15, 0.2) is 12.2 Å². The van der Waals surface area contributed by atoms with Gasteiger partial charge in [0.15, 0.2) is 0 Å². The maximum atomic E-state index is 11.7. The Hall–Kier alpha value is -0.830. The molecule has 0 aromatic heterocycles. The first kappa shape index (κ1) is 22.2. The normalized spacial score (nSPS) is 17.4. The van der Waals surface area contributed by atoms with Crippen molar-refractivity contribution in [3.8, 4) is 0 Å². The smallest absolute Gasteiger partial charge is 0.306 e. The van der Waals surface area contributed by atoms with E-state index >= 15 is 0 Å². The lowest BCUT2D eigenvalue weighted by Gasteiger charge is -2.10. The molecule has 1 saturated heterocycles. The molecule has 1 fully saturated rings. The van der Waals surface area contributed by atoms with Crippen LogP contribution in [0.4, 0.5) is 0 Å². The maximum Gasteiger partial charge on any atom is 0.306 e. The minimum atomic E-state index is -0.00803. The highest BCUT2D eigenvalue weighted by Gasteiger charge is 2.18. The van der Waals surface area contributed by atoms with Crippen molar-refractivity contribution in [2.45, 2.75) is 109 Å². The van der Waals surface area contributed by atoms with E-state index in [1.54, 1.807) is 0 Å². The predicted molar refractivity (Wildman–Crippen MR) is 107 cm³/mol. The fourth-order valence-electron chi connectivity index (χ4n) is 3.31. The summed E-state index contributed by atoms with van der Waals surface area (Å²) < 4.78 is 5.42. The fraction of sp³-hybridized carbons (Fsp3) is 0.864. The zero-order valence-electron chi connectivity index (χ0n) is 16.6. The van der Waals surface area contributed by atoms with Gasteiger partial charge in [-0.1, -0.05) is 70.4 Å². The maximum absolute atomic E-state index is 11.7. The SMILES string of the molecule is CCCCCCCC/C=C\CCCCCCCC(=O)O[C@H]1CCNC1. The third-order valence-corrected chi connectivity index (χ3v) is 4.96. The van der Waals surface area contributed by atoms with Crippen molar-refractivity contribution in [2.75, 3.05) is 13.1 Å². The van der Waals surface area contributed by atoms with Crippen LogP contribution in [0.3, 0.4) is 0 Å². The lowest BCUT2D eigenvalue weighted by molar-refractivity contribution is -0.148. The van der Waals surface area contributed by atoms with E-state index in [9.17, 15) is 4.79 Å². The summed E-state index contributed by atoms with van der Waals surface area (Å²) in [5.74, 6) is -0.00803. The number of allylic oxidation sites excluding steroid dienone is 2. The van der Waals surface area contributed by atoms with Crippen molar-refractivity contribution in [3.63, 3.8) is 0 Å². The molecule has 1 aliphatic rings. The van der Waals surface area contributed by atoms with Gasteiger partial charge in [-0.2, -0.15) is 0 Å². The van der Waals surface area contributed by atoms with Gasteiger partial charge in [-0.3, -0.25) is 4.79 Å². The van der Waals surface area contributed by atoms with Crippen LogP contribution >= 0.6 is 0 Å². The molecular formula is C22H41NO2. The molecule has 1 heterocycles. The summed E-state index contributed by atoms with van der Waals surface area (Å²) in [6, 6.07) is 0. The van der Waals surface area contributed by atoms with Crippen molar-refractivity contribution >= 4 is 5.97 Å². The van der Waals surface area contributed by atoms with Gasteiger partial charge in [0.2, 0.25) is 0 Å². The largest absolute Gasteiger partial charge is 0.461 e. The first-order valence-electron chi connectivity index (χ1n) is 10.9.